The number of urea groups is 1. The second-order valence-corrected chi connectivity index (χ2v) is 5.50. The summed E-state index contributed by atoms with van der Waals surface area (Å²) in [6.07, 6.45) is 1.41. The summed E-state index contributed by atoms with van der Waals surface area (Å²) in [7, 11) is 0. The molecule has 8 nitrogen and oxygen atoms in total. The number of unbranched alkanes of at least 4 members (excludes halogenated alkanes) is 1. The molecule has 0 atom stereocenters. The molecule has 4 amide bonds. The van der Waals surface area contributed by atoms with E-state index in [1.54, 1.807) is 0 Å². The molecule has 0 N–H and O–H groups in total. The summed E-state index contributed by atoms with van der Waals surface area (Å²) in [5.41, 5.74) is 0.524. The third-order valence-corrected chi connectivity index (χ3v) is 3.73. The highest BCUT2D eigenvalue weighted by Gasteiger charge is 2.44. The fourth-order valence-corrected chi connectivity index (χ4v) is 2.37. The fraction of sp³-hybridized carbons (Fsp3) is 0.312. The highest BCUT2D eigenvalue weighted by molar-refractivity contribution is 6.44. The van der Waals surface area contributed by atoms with Crippen molar-refractivity contribution < 1.29 is 23.3 Å². The van der Waals surface area contributed by atoms with Crippen molar-refractivity contribution in [2.75, 3.05) is 6.54 Å². The highest BCUT2D eigenvalue weighted by atomic mass is 19.1. The lowest BCUT2D eigenvalue weighted by Gasteiger charge is -2.13. The normalized spacial score (nSPS) is 14.7. The molecule has 0 aliphatic carbocycles. The first kappa shape index (κ1) is 16.7. The van der Waals surface area contributed by atoms with Gasteiger partial charge in [0.15, 0.2) is 0 Å². The van der Waals surface area contributed by atoms with Crippen molar-refractivity contribution in [2.24, 2.45) is 0 Å². The Morgan fingerprint density at radius 3 is 2.44 bits per heavy atom. The van der Waals surface area contributed by atoms with Gasteiger partial charge in [0.25, 0.3) is 0 Å². The van der Waals surface area contributed by atoms with E-state index in [1.807, 2.05) is 6.92 Å². The van der Waals surface area contributed by atoms with Crippen LogP contribution in [0, 0.1) is 5.82 Å². The van der Waals surface area contributed by atoms with Gasteiger partial charge >= 0.3 is 17.8 Å². The largest absolute Gasteiger partial charge is 0.337 e. The monoisotopic (exact) mass is 346 g/mol. The lowest BCUT2D eigenvalue weighted by Crippen LogP contribution is -2.33. The van der Waals surface area contributed by atoms with Gasteiger partial charge in [-0.05, 0) is 30.7 Å². The number of aromatic nitrogens is 2. The van der Waals surface area contributed by atoms with Crippen LogP contribution >= 0.6 is 0 Å². The molecule has 0 unspecified atom stereocenters. The van der Waals surface area contributed by atoms with Crippen molar-refractivity contribution in [1.29, 1.82) is 0 Å². The van der Waals surface area contributed by atoms with E-state index in [1.165, 1.54) is 24.3 Å². The minimum absolute atomic E-state index is 0.00571. The second kappa shape index (κ2) is 6.80. The molecule has 2 heterocycles. The number of nitrogens with zero attached hydrogens (tertiary/aromatic N) is 4. The Morgan fingerprint density at radius 2 is 1.76 bits per heavy atom. The molecule has 1 aromatic heterocycles. The fourth-order valence-electron chi connectivity index (χ4n) is 2.37. The zero-order valence-electron chi connectivity index (χ0n) is 13.4. The minimum atomic E-state index is -0.914. The average molecular weight is 346 g/mol. The Labute approximate surface area is 142 Å². The van der Waals surface area contributed by atoms with E-state index >= 15 is 0 Å². The van der Waals surface area contributed by atoms with Crippen LogP contribution in [0.5, 0.6) is 0 Å². The van der Waals surface area contributed by atoms with Crippen LogP contribution in [0.4, 0.5) is 9.18 Å². The third kappa shape index (κ3) is 3.25. The molecule has 1 saturated heterocycles. The molecule has 1 aliphatic heterocycles. The third-order valence-electron chi connectivity index (χ3n) is 3.73. The van der Waals surface area contributed by atoms with Gasteiger partial charge in [-0.15, -0.1) is 0 Å². The Hall–Kier alpha value is -3.10. The van der Waals surface area contributed by atoms with Crippen LogP contribution in [0.15, 0.2) is 28.8 Å². The number of amides is 4. The first-order chi connectivity index (χ1) is 12.0. The van der Waals surface area contributed by atoms with Crippen LogP contribution in [-0.4, -0.2) is 44.3 Å². The molecular weight excluding hydrogens is 331 g/mol. The number of rotatable bonds is 6. The standard InChI is InChI=1S/C16H15FN4O4/c1-2-3-8-20-14(22)15(23)21(16(20)24)9-12-18-13(19-25-12)10-4-6-11(17)7-5-10/h4-7H,2-3,8-9H2,1H3. The highest BCUT2D eigenvalue weighted by Crippen LogP contribution is 2.19. The number of carbonyl (C=O) groups is 3. The Bertz CT molecular complexity index is 818. The van der Waals surface area contributed by atoms with E-state index in [2.05, 4.69) is 10.1 Å². The SMILES string of the molecule is CCCCN1C(=O)C(=O)N(Cc2nc(-c3ccc(F)cc3)no2)C1=O. The molecule has 1 fully saturated rings. The van der Waals surface area contributed by atoms with E-state index in [0.29, 0.717) is 12.0 Å². The summed E-state index contributed by atoms with van der Waals surface area (Å²) in [6, 6.07) is 4.77. The summed E-state index contributed by atoms with van der Waals surface area (Å²) in [4.78, 5) is 41.9. The summed E-state index contributed by atoms with van der Waals surface area (Å²) in [5.74, 6) is -1.96. The lowest BCUT2D eigenvalue weighted by molar-refractivity contribution is -0.143. The first-order valence-electron chi connectivity index (χ1n) is 7.77. The molecule has 1 aromatic carbocycles. The number of imide groups is 2. The molecule has 1 aliphatic rings. The zero-order chi connectivity index (χ0) is 18.0. The predicted octanol–water partition coefficient (Wildman–Crippen LogP) is 1.97. The number of carbonyl (C=O) groups excluding carboxylic acids is 3. The molecule has 2 aromatic rings. The Kier molecular flexibility index (Phi) is 4.55. The molecular formula is C16H15FN4O4. The van der Waals surface area contributed by atoms with Crippen molar-refractivity contribution in [2.45, 2.75) is 26.3 Å². The van der Waals surface area contributed by atoms with E-state index in [0.717, 1.165) is 16.2 Å². The number of halogens is 1. The minimum Gasteiger partial charge on any atom is -0.337 e. The van der Waals surface area contributed by atoms with E-state index in [4.69, 9.17) is 4.52 Å². The molecule has 0 bridgehead atoms. The molecule has 0 saturated carbocycles. The molecule has 9 heteroatoms. The maximum Gasteiger partial charge on any atom is 0.334 e. The Morgan fingerprint density at radius 1 is 1.08 bits per heavy atom. The van der Waals surface area contributed by atoms with Gasteiger partial charge in [0, 0.05) is 12.1 Å². The lowest BCUT2D eigenvalue weighted by atomic mass is 10.2. The van der Waals surface area contributed by atoms with Gasteiger partial charge in [-0.2, -0.15) is 4.98 Å². The summed E-state index contributed by atoms with van der Waals surface area (Å²) < 4.78 is 18.0. The van der Waals surface area contributed by atoms with Crippen LogP contribution < -0.4 is 0 Å². The smallest absolute Gasteiger partial charge is 0.334 e. The molecule has 0 spiro atoms. The Balaban J connectivity index is 1.74. The van der Waals surface area contributed by atoms with Gasteiger partial charge in [-0.25, -0.2) is 14.1 Å². The van der Waals surface area contributed by atoms with Crippen molar-refractivity contribution in [3.05, 3.63) is 36.0 Å². The van der Waals surface area contributed by atoms with Crippen molar-refractivity contribution in [3.63, 3.8) is 0 Å². The summed E-state index contributed by atoms with van der Waals surface area (Å²) in [6.45, 7) is 1.82. The maximum atomic E-state index is 12.9. The molecule has 25 heavy (non-hydrogen) atoms. The quantitative estimate of drug-likeness (QED) is 0.586. The van der Waals surface area contributed by atoms with Crippen LogP contribution in [0.2, 0.25) is 0 Å². The second-order valence-electron chi connectivity index (χ2n) is 5.50. The number of hydrogen-bond donors (Lipinski definition) is 0. The number of benzene rings is 1. The van der Waals surface area contributed by atoms with Crippen LogP contribution in [0.3, 0.4) is 0 Å². The van der Waals surface area contributed by atoms with Gasteiger partial charge in [0.2, 0.25) is 11.7 Å². The van der Waals surface area contributed by atoms with Gasteiger partial charge in [0.1, 0.15) is 12.4 Å². The molecule has 130 valence electrons. The van der Waals surface area contributed by atoms with E-state index in [-0.39, 0.29) is 24.8 Å². The van der Waals surface area contributed by atoms with Gasteiger partial charge in [0.05, 0.1) is 0 Å². The van der Waals surface area contributed by atoms with E-state index in [9.17, 15) is 18.8 Å². The maximum absolute atomic E-state index is 12.9. The van der Waals surface area contributed by atoms with Crippen molar-refractivity contribution in [3.8, 4) is 11.4 Å². The van der Waals surface area contributed by atoms with Crippen LogP contribution in [0.25, 0.3) is 11.4 Å². The van der Waals surface area contributed by atoms with E-state index < -0.39 is 23.7 Å². The molecule has 0 radical (unpaired) electrons. The van der Waals surface area contributed by atoms with Gasteiger partial charge < -0.3 is 4.52 Å². The van der Waals surface area contributed by atoms with Gasteiger partial charge in [-0.1, -0.05) is 18.5 Å². The van der Waals surface area contributed by atoms with Crippen molar-refractivity contribution in [1.82, 2.24) is 19.9 Å². The number of hydrogen-bond acceptors (Lipinski definition) is 6. The average Bonchev–Trinajstić information content (AvgIpc) is 3.14. The van der Waals surface area contributed by atoms with Crippen molar-refractivity contribution >= 4 is 17.8 Å². The zero-order valence-corrected chi connectivity index (χ0v) is 13.4. The summed E-state index contributed by atoms with van der Waals surface area (Å²) >= 11 is 0. The van der Waals surface area contributed by atoms with Crippen LogP contribution in [-0.2, 0) is 16.1 Å². The molecule has 3 rings (SSSR count). The summed E-state index contributed by atoms with van der Waals surface area (Å²) in [5, 5.41) is 3.74. The first-order valence-corrected chi connectivity index (χ1v) is 7.77. The van der Waals surface area contributed by atoms with Gasteiger partial charge in [-0.3, -0.25) is 14.5 Å². The topological polar surface area (TPSA) is 96.6 Å². The van der Waals surface area contributed by atoms with Crippen LogP contribution in [0.1, 0.15) is 25.7 Å². The predicted molar refractivity (Wildman–Crippen MR) is 82.3 cm³/mol.